The highest BCUT2D eigenvalue weighted by Gasteiger charge is 2.31. The summed E-state index contributed by atoms with van der Waals surface area (Å²) in [7, 11) is -1.71. The van der Waals surface area contributed by atoms with E-state index in [-0.39, 0.29) is 17.6 Å². The second-order valence-electron chi connectivity index (χ2n) is 6.66. The van der Waals surface area contributed by atoms with Gasteiger partial charge in [-0.05, 0) is 49.9 Å². The summed E-state index contributed by atoms with van der Waals surface area (Å²) < 4.78 is 35.7. The van der Waals surface area contributed by atoms with Crippen molar-refractivity contribution in [1.29, 1.82) is 0 Å². The maximum absolute atomic E-state index is 12.7. The lowest BCUT2D eigenvalue weighted by Crippen LogP contribution is -2.22. The van der Waals surface area contributed by atoms with Crippen LogP contribution in [0.4, 0.5) is 0 Å². The highest BCUT2D eigenvalue weighted by molar-refractivity contribution is 7.91. The summed E-state index contributed by atoms with van der Waals surface area (Å²) in [6.45, 7) is 1.63. The first-order valence-electron chi connectivity index (χ1n) is 8.69. The molecule has 0 bridgehead atoms. The zero-order valence-electron chi connectivity index (χ0n) is 14.6. The smallest absolute Gasteiger partial charge is 0.245 e. The zero-order valence-corrected chi connectivity index (χ0v) is 15.5. The van der Waals surface area contributed by atoms with Crippen molar-refractivity contribution in [3.05, 3.63) is 30.2 Å². The SMILES string of the molecule is COc1ccc(-c2noc(C(C)S(=O)(=O)CC3CCCCC3)n2)cc1. The Hall–Kier alpha value is -1.89. The van der Waals surface area contributed by atoms with Gasteiger partial charge in [-0.3, -0.25) is 0 Å². The van der Waals surface area contributed by atoms with E-state index in [9.17, 15) is 8.42 Å². The Morgan fingerprint density at radius 2 is 1.88 bits per heavy atom. The molecule has 1 aromatic heterocycles. The average molecular weight is 364 g/mol. The van der Waals surface area contributed by atoms with Crippen molar-refractivity contribution >= 4 is 9.84 Å². The molecule has 1 aliphatic rings. The van der Waals surface area contributed by atoms with E-state index in [1.54, 1.807) is 26.2 Å². The maximum atomic E-state index is 12.7. The van der Waals surface area contributed by atoms with Gasteiger partial charge in [-0.25, -0.2) is 8.42 Å². The minimum Gasteiger partial charge on any atom is -0.497 e. The van der Waals surface area contributed by atoms with Crippen LogP contribution in [0, 0.1) is 5.92 Å². The first-order chi connectivity index (χ1) is 12.0. The van der Waals surface area contributed by atoms with Gasteiger partial charge in [-0.1, -0.05) is 24.4 Å². The lowest BCUT2D eigenvalue weighted by molar-refractivity contribution is 0.370. The Balaban J connectivity index is 1.73. The quantitative estimate of drug-likeness (QED) is 0.775. The second kappa shape index (κ2) is 7.56. The molecule has 7 heteroatoms. The van der Waals surface area contributed by atoms with E-state index < -0.39 is 15.1 Å². The van der Waals surface area contributed by atoms with Gasteiger partial charge in [0, 0.05) is 5.56 Å². The van der Waals surface area contributed by atoms with E-state index >= 15 is 0 Å². The molecule has 0 spiro atoms. The van der Waals surface area contributed by atoms with E-state index in [2.05, 4.69) is 10.1 Å². The molecule has 1 aliphatic carbocycles. The molecule has 0 aliphatic heterocycles. The van der Waals surface area contributed by atoms with Crippen molar-refractivity contribution in [2.45, 2.75) is 44.3 Å². The Morgan fingerprint density at radius 1 is 1.20 bits per heavy atom. The summed E-state index contributed by atoms with van der Waals surface area (Å²) in [4.78, 5) is 4.30. The summed E-state index contributed by atoms with van der Waals surface area (Å²) in [6, 6.07) is 7.23. The van der Waals surface area contributed by atoms with Gasteiger partial charge in [0.25, 0.3) is 0 Å². The molecule has 1 aromatic carbocycles. The number of aromatic nitrogens is 2. The monoisotopic (exact) mass is 364 g/mol. The van der Waals surface area contributed by atoms with E-state index in [1.165, 1.54) is 6.42 Å². The molecule has 0 radical (unpaired) electrons. The minimum atomic E-state index is -3.31. The van der Waals surface area contributed by atoms with Crippen LogP contribution in [-0.2, 0) is 9.84 Å². The number of hydrogen-bond acceptors (Lipinski definition) is 6. The standard InChI is InChI=1S/C18H24N2O4S/c1-13(25(21,22)12-14-6-4-3-5-7-14)18-19-17(20-24-18)15-8-10-16(23-2)11-9-15/h8-11,13-14H,3-7,12H2,1-2H3. The van der Waals surface area contributed by atoms with Crippen molar-refractivity contribution < 1.29 is 17.7 Å². The van der Waals surface area contributed by atoms with Gasteiger partial charge in [0.05, 0.1) is 12.9 Å². The molecule has 1 fully saturated rings. The average Bonchev–Trinajstić information content (AvgIpc) is 3.11. The third-order valence-corrected chi connectivity index (χ3v) is 7.08. The van der Waals surface area contributed by atoms with Crippen molar-refractivity contribution in [2.75, 3.05) is 12.9 Å². The fourth-order valence-corrected chi connectivity index (χ4v) is 4.92. The van der Waals surface area contributed by atoms with Crippen LogP contribution in [0.1, 0.15) is 50.2 Å². The van der Waals surface area contributed by atoms with E-state index in [0.717, 1.165) is 37.0 Å². The summed E-state index contributed by atoms with van der Waals surface area (Å²) in [5, 5.41) is 3.15. The topological polar surface area (TPSA) is 82.3 Å². The van der Waals surface area contributed by atoms with Crippen LogP contribution >= 0.6 is 0 Å². The summed E-state index contributed by atoms with van der Waals surface area (Å²) >= 11 is 0. The number of benzene rings is 1. The molecule has 1 atom stereocenters. The predicted molar refractivity (Wildman–Crippen MR) is 95.1 cm³/mol. The first kappa shape index (κ1) is 17.9. The van der Waals surface area contributed by atoms with Crippen LogP contribution in [0.2, 0.25) is 0 Å². The lowest BCUT2D eigenvalue weighted by atomic mass is 9.91. The molecule has 1 saturated carbocycles. The van der Waals surface area contributed by atoms with Gasteiger partial charge in [-0.2, -0.15) is 4.98 Å². The van der Waals surface area contributed by atoms with Crippen molar-refractivity contribution in [1.82, 2.24) is 10.1 Å². The number of ether oxygens (including phenoxy) is 1. The van der Waals surface area contributed by atoms with Crippen LogP contribution in [0.5, 0.6) is 5.75 Å². The minimum absolute atomic E-state index is 0.154. The molecule has 0 N–H and O–H groups in total. The fraction of sp³-hybridized carbons (Fsp3) is 0.556. The van der Waals surface area contributed by atoms with Crippen molar-refractivity contribution in [3.8, 4) is 17.1 Å². The van der Waals surface area contributed by atoms with E-state index in [1.807, 2.05) is 12.1 Å². The highest BCUT2D eigenvalue weighted by Crippen LogP contribution is 2.30. The van der Waals surface area contributed by atoms with Crippen molar-refractivity contribution in [2.24, 2.45) is 5.92 Å². The second-order valence-corrected chi connectivity index (χ2v) is 9.03. The van der Waals surface area contributed by atoms with Crippen LogP contribution < -0.4 is 4.74 Å². The third kappa shape index (κ3) is 4.21. The van der Waals surface area contributed by atoms with Gasteiger partial charge in [-0.15, -0.1) is 0 Å². The highest BCUT2D eigenvalue weighted by atomic mass is 32.2. The zero-order chi connectivity index (χ0) is 17.9. The van der Waals surface area contributed by atoms with Gasteiger partial charge in [0.2, 0.25) is 11.7 Å². The van der Waals surface area contributed by atoms with Gasteiger partial charge in [0.15, 0.2) is 9.84 Å². The number of hydrogen-bond donors (Lipinski definition) is 0. The third-order valence-electron chi connectivity index (χ3n) is 4.87. The number of rotatable bonds is 6. The molecule has 2 aromatic rings. The summed E-state index contributed by atoms with van der Waals surface area (Å²) in [5.41, 5.74) is 0.757. The van der Waals surface area contributed by atoms with Crippen LogP contribution in [0.3, 0.4) is 0 Å². The molecular weight excluding hydrogens is 340 g/mol. The Kier molecular flexibility index (Phi) is 5.42. The fourth-order valence-electron chi connectivity index (χ4n) is 3.24. The first-order valence-corrected chi connectivity index (χ1v) is 10.4. The van der Waals surface area contributed by atoms with Gasteiger partial charge >= 0.3 is 0 Å². The van der Waals surface area contributed by atoms with E-state index in [0.29, 0.717) is 5.82 Å². The van der Waals surface area contributed by atoms with Crippen LogP contribution in [0.15, 0.2) is 28.8 Å². The van der Waals surface area contributed by atoms with Crippen LogP contribution in [-0.4, -0.2) is 31.4 Å². The number of methoxy groups -OCH3 is 1. The Morgan fingerprint density at radius 3 is 2.52 bits per heavy atom. The van der Waals surface area contributed by atoms with Crippen LogP contribution in [0.25, 0.3) is 11.4 Å². The molecule has 1 heterocycles. The number of nitrogens with zero attached hydrogens (tertiary/aromatic N) is 2. The van der Waals surface area contributed by atoms with Gasteiger partial charge < -0.3 is 9.26 Å². The summed E-state index contributed by atoms with van der Waals surface area (Å²) in [5.74, 6) is 1.73. The summed E-state index contributed by atoms with van der Waals surface area (Å²) in [6.07, 6.45) is 5.44. The molecular formula is C18H24N2O4S. The van der Waals surface area contributed by atoms with Gasteiger partial charge in [0.1, 0.15) is 11.0 Å². The Bertz CT molecular complexity index is 793. The Labute approximate surface area is 148 Å². The predicted octanol–water partition coefficient (Wildman–Crippen LogP) is 3.80. The lowest BCUT2D eigenvalue weighted by Gasteiger charge is -2.22. The molecule has 0 saturated heterocycles. The molecule has 25 heavy (non-hydrogen) atoms. The van der Waals surface area contributed by atoms with E-state index in [4.69, 9.17) is 9.26 Å². The molecule has 136 valence electrons. The molecule has 0 amide bonds. The molecule has 1 unspecified atom stereocenters. The molecule has 3 rings (SSSR count). The van der Waals surface area contributed by atoms with Crippen molar-refractivity contribution in [3.63, 3.8) is 0 Å². The number of sulfone groups is 1. The maximum Gasteiger partial charge on any atom is 0.245 e. The largest absolute Gasteiger partial charge is 0.497 e. The normalized spacial score (nSPS) is 17.4. The molecule has 6 nitrogen and oxygen atoms in total.